The third kappa shape index (κ3) is 5.28. The molecule has 1 aliphatic rings. The molecule has 1 heteroatoms. The van der Waals surface area contributed by atoms with Crippen LogP contribution in [0, 0.1) is 18.8 Å². The van der Waals surface area contributed by atoms with E-state index in [9.17, 15) is 0 Å². The van der Waals surface area contributed by atoms with Crippen LogP contribution in [-0.2, 0) is 6.42 Å². The molecule has 20 heavy (non-hydrogen) atoms. The minimum absolute atomic E-state index is 0.790. The van der Waals surface area contributed by atoms with E-state index in [0.29, 0.717) is 0 Å². The summed E-state index contributed by atoms with van der Waals surface area (Å²) in [6, 6.07) is 9.72. The zero-order valence-electron chi connectivity index (χ0n) is 13.5. The molecular weight excluding hydrogens is 242 g/mol. The lowest BCUT2D eigenvalue weighted by atomic mass is 9.87. The molecule has 2 rings (SSSR count). The Morgan fingerprint density at radius 3 is 2.65 bits per heavy atom. The molecule has 0 aromatic heterocycles. The predicted molar refractivity (Wildman–Crippen MR) is 88.1 cm³/mol. The molecular formula is C19H31N. The van der Waals surface area contributed by atoms with Crippen molar-refractivity contribution in [2.45, 2.75) is 65.3 Å². The number of nitrogens with one attached hydrogen (secondary N) is 1. The van der Waals surface area contributed by atoms with Crippen LogP contribution in [0.5, 0.6) is 0 Å². The van der Waals surface area contributed by atoms with Gasteiger partial charge in [0.25, 0.3) is 0 Å². The van der Waals surface area contributed by atoms with E-state index in [1.807, 2.05) is 0 Å². The Morgan fingerprint density at radius 1 is 1.25 bits per heavy atom. The standard InChI is InChI=1S/C19H31N/c1-4-7-15(2)12-17(14-20-19-10-11-19)13-18-9-6-5-8-16(18)3/h5-6,8-9,15,17,19-20H,4,7,10-14H2,1-3H3. The van der Waals surface area contributed by atoms with Crippen molar-refractivity contribution in [1.29, 1.82) is 0 Å². The fourth-order valence-corrected chi connectivity index (χ4v) is 3.19. The first kappa shape index (κ1) is 15.6. The second-order valence-electron chi connectivity index (χ2n) is 6.81. The molecule has 0 aliphatic heterocycles. The van der Waals surface area contributed by atoms with Gasteiger partial charge >= 0.3 is 0 Å². The lowest BCUT2D eigenvalue weighted by Crippen LogP contribution is -2.27. The summed E-state index contributed by atoms with van der Waals surface area (Å²) < 4.78 is 0. The molecule has 112 valence electrons. The molecule has 2 atom stereocenters. The molecule has 0 saturated heterocycles. The molecule has 1 aliphatic carbocycles. The van der Waals surface area contributed by atoms with Gasteiger partial charge in [-0.05, 0) is 62.1 Å². The van der Waals surface area contributed by atoms with E-state index < -0.39 is 0 Å². The minimum Gasteiger partial charge on any atom is -0.314 e. The van der Waals surface area contributed by atoms with Gasteiger partial charge in [-0.2, -0.15) is 0 Å². The summed E-state index contributed by atoms with van der Waals surface area (Å²) in [5.41, 5.74) is 2.99. The molecule has 0 spiro atoms. The zero-order chi connectivity index (χ0) is 14.4. The lowest BCUT2D eigenvalue weighted by Gasteiger charge is -2.22. The fourth-order valence-electron chi connectivity index (χ4n) is 3.19. The van der Waals surface area contributed by atoms with Gasteiger partial charge in [0.1, 0.15) is 0 Å². The fraction of sp³-hybridized carbons (Fsp3) is 0.684. The highest BCUT2D eigenvalue weighted by Gasteiger charge is 2.22. The van der Waals surface area contributed by atoms with Crippen LogP contribution in [0.4, 0.5) is 0 Å². The topological polar surface area (TPSA) is 12.0 Å². The lowest BCUT2D eigenvalue weighted by molar-refractivity contribution is 0.353. The van der Waals surface area contributed by atoms with Gasteiger partial charge in [0.05, 0.1) is 0 Å². The monoisotopic (exact) mass is 273 g/mol. The van der Waals surface area contributed by atoms with Crippen LogP contribution in [0.25, 0.3) is 0 Å². The van der Waals surface area contributed by atoms with Gasteiger partial charge < -0.3 is 5.32 Å². The van der Waals surface area contributed by atoms with Crippen molar-refractivity contribution < 1.29 is 0 Å². The van der Waals surface area contributed by atoms with E-state index >= 15 is 0 Å². The number of benzene rings is 1. The Kier molecular flexibility index (Phi) is 6.09. The summed E-state index contributed by atoms with van der Waals surface area (Å²) in [4.78, 5) is 0. The molecule has 1 N–H and O–H groups in total. The second-order valence-corrected chi connectivity index (χ2v) is 6.81. The van der Waals surface area contributed by atoms with Crippen LogP contribution in [0.1, 0.15) is 57.1 Å². The van der Waals surface area contributed by atoms with Gasteiger partial charge in [0.15, 0.2) is 0 Å². The van der Waals surface area contributed by atoms with Crippen molar-refractivity contribution in [1.82, 2.24) is 5.32 Å². The molecule has 1 aromatic rings. The van der Waals surface area contributed by atoms with E-state index in [0.717, 1.165) is 17.9 Å². The molecule has 0 radical (unpaired) electrons. The second kappa shape index (κ2) is 7.83. The first-order chi connectivity index (χ1) is 9.69. The van der Waals surface area contributed by atoms with Crippen molar-refractivity contribution in [3.8, 4) is 0 Å². The molecule has 2 unspecified atom stereocenters. The number of rotatable bonds is 9. The van der Waals surface area contributed by atoms with Gasteiger partial charge in [0.2, 0.25) is 0 Å². The SMILES string of the molecule is CCCC(C)CC(CNC1CC1)Cc1ccccc1C. The van der Waals surface area contributed by atoms with Gasteiger partial charge in [-0.15, -0.1) is 0 Å². The number of hydrogen-bond acceptors (Lipinski definition) is 1. The number of hydrogen-bond donors (Lipinski definition) is 1. The highest BCUT2D eigenvalue weighted by Crippen LogP contribution is 2.24. The van der Waals surface area contributed by atoms with Crippen LogP contribution in [-0.4, -0.2) is 12.6 Å². The summed E-state index contributed by atoms with van der Waals surface area (Å²) in [6.07, 6.45) is 8.06. The van der Waals surface area contributed by atoms with Gasteiger partial charge in [0, 0.05) is 6.04 Å². The van der Waals surface area contributed by atoms with Crippen molar-refractivity contribution in [3.05, 3.63) is 35.4 Å². The first-order valence-electron chi connectivity index (χ1n) is 8.47. The summed E-state index contributed by atoms with van der Waals surface area (Å²) in [5.74, 6) is 1.65. The van der Waals surface area contributed by atoms with E-state index in [-0.39, 0.29) is 0 Å². The first-order valence-corrected chi connectivity index (χ1v) is 8.47. The highest BCUT2D eigenvalue weighted by molar-refractivity contribution is 5.26. The van der Waals surface area contributed by atoms with E-state index in [1.165, 1.54) is 50.6 Å². The van der Waals surface area contributed by atoms with Gasteiger partial charge in [-0.1, -0.05) is 51.0 Å². The van der Waals surface area contributed by atoms with Crippen molar-refractivity contribution in [3.63, 3.8) is 0 Å². The van der Waals surface area contributed by atoms with Crippen molar-refractivity contribution in [2.75, 3.05) is 6.54 Å². The quantitative estimate of drug-likeness (QED) is 0.685. The average Bonchev–Trinajstić information content (AvgIpc) is 3.23. The summed E-state index contributed by atoms with van der Waals surface area (Å²) in [5, 5.41) is 3.74. The smallest absolute Gasteiger partial charge is 0.00683 e. The van der Waals surface area contributed by atoms with Crippen molar-refractivity contribution in [2.24, 2.45) is 11.8 Å². The maximum atomic E-state index is 3.74. The number of aryl methyl sites for hydroxylation is 1. The van der Waals surface area contributed by atoms with E-state index in [1.54, 1.807) is 5.56 Å². The Balaban J connectivity index is 1.91. The maximum absolute atomic E-state index is 3.74. The predicted octanol–water partition coefficient (Wildman–Crippen LogP) is 4.73. The van der Waals surface area contributed by atoms with E-state index in [4.69, 9.17) is 0 Å². The molecule has 1 fully saturated rings. The van der Waals surface area contributed by atoms with Gasteiger partial charge in [-0.3, -0.25) is 0 Å². The maximum Gasteiger partial charge on any atom is 0.00683 e. The van der Waals surface area contributed by atoms with Crippen LogP contribution < -0.4 is 5.32 Å². The molecule has 1 nitrogen and oxygen atoms in total. The molecule has 1 saturated carbocycles. The third-order valence-corrected chi connectivity index (χ3v) is 4.56. The molecule has 1 aromatic carbocycles. The average molecular weight is 273 g/mol. The zero-order valence-corrected chi connectivity index (χ0v) is 13.5. The Bertz CT molecular complexity index is 395. The Morgan fingerprint density at radius 2 is 2.00 bits per heavy atom. The largest absolute Gasteiger partial charge is 0.314 e. The Labute approximate surface area is 125 Å². The Hall–Kier alpha value is -0.820. The van der Waals surface area contributed by atoms with Gasteiger partial charge in [-0.25, -0.2) is 0 Å². The summed E-state index contributed by atoms with van der Waals surface area (Å²) >= 11 is 0. The van der Waals surface area contributed by atoms with Crippen molar-refractivity contribution >= 4 is 0 Å². The molecule has 0 bridgehead atoms. The van der Waals surface area contributed by atoms with Crippen LogP contribution in [0.2, 0.25) is 0 Å². The summed E-state index contributed by atoms with van der Waals surface area (Å²) in [7, 11) is 0. The molecule has 0 heterocycles. The van der Waals surface area contributed by atoms with Crippen LogP contribution in [0.15, 0.2) is 24.3 Å². The third-order valence-electron chi connectivity index (χ3n) is 4.56. The highest BCUT2D eigenvalue weighted by atomic mass is 14.9. The van der Waals surface area contributed by atoms with E-state index in [2.05, 4.69) is 50.4 Å². The molecule has 0 amide bonds. The summed E-state index contributed by atoms with van der Waals surface area (Å²) in [6.45, 7) is 8.17. The van der Waals surface area contributed by atoms with Crippen LogP contribution in [0.3, 0.4) is 0 Å². The normalized spacial score (nSPS) is 17.9. The minimum atomic E-state index is 0.790. The van der Waals surface area contributed by atoms with Crippen LogP contribution >= 0.6 is 0 Å².